The van der Waals surface area contributed by atoms with Crippen molar-refractivity contribution in [3.05, 3.63) is 18.3 Å². The number of carbonyl (C=O) groups is 1. The van der Waals surface area contributed by atoms with E-state index in [1.165, 1.54) is 38.5 Å². The second kappa shape index (κ2) is 7.34. The van der Waals surface area contributed by atoms with Crippen LogP contribution in [0.1, 0.15) is 71.6 Å². The highest BCUT2D eigenvalue weighted by Crippen LogP contribution is 2.64. The zero-order chi connectivity index (χ0) is 22.1. The molecular formula is C26H36N4O2. The fourth-order valence-electron chi connectivity index (χ4n) is 8.80. The zero-order valence-electron chi connectivity index (χ0n) is 19.4. The van der Waals surface area contributed by atoms with E-state index >= 15 is 0 Å². The SMILES string of the molecule is CC1(O)CCC2C(CCC3C2CCC2(C)C(C(=O)Cn4nnc5ncccc54)CCC32)C1. The van der Waals surface area contributed by atoms with Gasteiger partial charge in [-0.2, -0.15) is 0 Å². The van der Waals surface area contributed by atoms with Gasteiger partial charge in [0.05, 0.1) is 5.60 Å². The molecule has 0 saturated heterocycles. The highest BCUT2D eigenvalue weighted by atomic mass is 16.3. The minimum atomic E-state index is -0.455. The van der Waals surface area contributed by atoms with Crippen molar-refractivity contribution in [2.45, 2.75) is 83.8 Å². The van der Waals surface area contributed by atoms with Crippen LogP contribution in [0.25, 0.3) is 11.2 Å². The first-order valence-electron chi connectivity index (χ1n) is 12.7. The maximum atomic E-state index is 13.5. The Labute approximate surface area is 190 Å². The number of carbonyl (C=O) groups excluding carboxylic acids is 1. The molecule has 0 aromatic carbocycles. The minimum Gasteiger partial charge on any atom is -0.390 e. The summed E-state index contributed by atoms with van der Waals surface area (Å²) in [6, 6.07) is 3.82. The van der Waals surface area contributed by atoms with Gasteiger partial charge in [-0.1, -0.05) is 12.1 Å². The van der Waals surface area contributed by atoms with Gasteiger partial charge in [0.1, 0.15) is 12.1 Å². The van der Waals surface area contributed by atoms with Crippen molar-refractivity contribution in [3.8, 4) is 0 Å². The van der Waals surface area contributed by atoms with Gasteiger partial charge in [0.15, 0.2) is 5.78 Å². The standard InChI is InChI=1S/C26H36N4O2/c1-25(32)11-9-17-16(14-25)5-6-19-18(17)10-12-26(2)20(19)7-8-21(26)23(31)15-30-22-4-3-13-27-24(22)28-29-30/h3-4,13,16-21,32H,5-12,14-15H2,1-2H3. The smallest absolute Gasteiger partial charge is 0.201 e. The summed E-state index contributed by atoms with van der Waals surface area (Å²) in [5, 5.41) is 19.0. The molecule has 6 rings (SSSR count). The average molecular weight is 437 g/mol. The molecule has 2 aromatic heterocycles. The molecule has 8 unspecified atom stereocenters. The number of Topliss-reactive ketones (excluding diaryl/α,β-unsaturated/α-hetero) is 1. The number of ketones is 1. The van der Waals surface area contributed by atoms with Crippen LogP contribution >= 0.6 is 0 Å². The Morgan fingerprint density at radius 2 is 1.94 bits per heavy atom. The van der Waals surface area contributed by atoms with Crippen LogP contribution in [0.3, 0.4) is 0 Å². The molecule has 0 amide bonds. The lowest BCUT2D eigenvalue weighted by atomic mass is 9.49. The molecule has 8 atom stereocenters. The van der Waals surface area contributed by atoms with Crippen molar-refractivity contribution in [1.29, 1.82) is 0 Å². The summed E-state index contributed by atoms with van der Waals surface area (Å²) in [4.78, 5) is 17.8. The monoisotopic (exact) mass is 436 g/mol. The molecule has 32 heavy (non-hydrogen) atoms. The van der Waals surface area contributed by atoms with Crippen molar-refractivity contribution >= 4 is 16.9 Å². The topological polar surface area (TPSA) is 80.9 Å². The maximum Gasteiger partial charge on any atom is 0.201 e. The lowest BCUT2D eigenvalue weighted by Gasteiger charge is -2.56. The van der Waals surface area contributed by atoms with Crippen LogP contribution in [0.15, 0.2) is 18.3 Å². The fraction of sp³-hybridized carbons (Fsp3) is 0.769. The number of pyridine rings is 1. The van der Waals surface area contributed by atoms with E-state index in [-0.39, 0.29) is 11.3 Å². The average Bonchev–Trinajstić information content (AvgIpc) is 3.33. The van der Waals surface area contributed by atoms with E-state index in [0.717, 1.165) is 42.5 Å². The molecule has 1 N–H and O–H groups in total. The Morgan fingerprint density at radius 3 is 2.81 bits per heavy atom. The maximum absolute atomic E-state index is 13.5. The fourth-order valence-corrected chi connectivity index (χ4v) is 8.80. The molecule has 172 valence electrons. The molecule has 4 aliphatic rings. The van der Waals surface area contributed by atoms with Gasteiger partial charge in [0, 0.05) is 12.1 Å². The number of aliphatic hydroxyl groups is 1. The van der Waals surface area contributed by atoms with Crippen LogP contribution in [0, 0.1) is 40.9 Å². The Kier molecular flexibility index (Phi) is 4.76. The number of hydrogen-bond donors (Lipinski definition) is 1. The Hall–Kier alpha value is -1.82. The summed E-state index contributed by atoms with van der Waals surface area (Å²) in [7, 11) is 0. The number of fused-ring (bicyclic) bond motifs is 6. The van der Waals surface area contributed by atoms with Gasteiger partial charge in [-0.05, 0) is 112 Å². The summed E-state index contributed by atoms with van der Waals surface area (Å²) in [6.45, 7) is 4.76. The summed E-state index contributed by atoms with van der Waals surface area (Å²) < 4.78 is 1.74. The van der Waals surface area contributed by atoms with Gasteiger partial charge in [0.25, 0.3) is 0 Å². The van der Waals surface area contributed by atoms with Gasteiger partial charge in [-0.25, -0.2) is 9.67 Å². The normalized spacial score (nSPS) is 43.5. The first kappa shape index (κ1) is 20.8. The third-order valence-electron chi connectivity index (χ3n) is 10.2. The van der Waals surface area contributed by atoms with Crippen LogP contribution in [-0.2, 0) is 11.3 Å². The quantitative estimate of drug-likeness (QED) is 0.771. The Balaban J connectivity index is 1.20. The van der Waals surface area contributed by atoms with E-state index in [1.54, 1.807) is 10.9 Å². The molecule has 2 aromatic rings. The molecule has 4 fully saturated rings. The highest BCUT2D eigenvalue weighted by molar-refractivity contribution is 5.83. The largest absolute Gasteiger partial charge is 0.390 e. The second-order valence-corrected chi connectivity index (χ2v) is 11.9. The predicted octanol–water partition coefficient (Wildman–Crippen LogP) is 4.42. The van der Waals surface area contributed by atoms with Crippen LogP contribution in [0.2, 0.25) is 0 Å². The number of hydrogen-bond acceptors (Lipinski definition) is 5. The molecule has 0 bridgehead atoms. The van der Waals surface area contributed by atoms with Gasteiger partial charge in [0.2, 0.25) is 5.65 Å². The van der Waals surface area contributed by atoms with Crippen molar-refractivity contribution in [2.75, 3.05) is 0 Å². The van der Waals surface area contributed by atoms with Gasteiger partial charge >= 0.3 is 0 Å². The first-order valence-corrected chi connectivity index (χ1v) is 12.7. The number of aromatic nitrogens is 4. The number of rotatable bonds is 3. The molecule has 0 aliphatic heterocycles. The molecule has 4 saturated carbocycles. The van der Waals surface area contributed by atoms with Crippen molar-refractivity contribution in [2.24, 2.45) is 40.9 Å². The number of nitrogens with zero attached hydrogens (tertiary/aromatic N) is 4. The first-order chi connectivity index (χ1) is 15.4. The third-order valence-corrected chi connectivity index (χ3v) is 10.2. The van der Waals surface area contributed by atoms with E-state index in [1.807, 2.05) is 19.1 Å². The van der Waals surface area contributed by atoms with Crippen LogP contribution in [0.4, 0.5) is 0 Å². The molecule has 0 radical (unpaired) electrons. The van der Waals surface area contributed by atoms with Crippen molar-refractivity contribution < 1.29 is 9.90 Å². The van der Waals surface area contributed by atoms with E-state index in [4.69, 9.17) is 0 Å². The van der Waals surface area contributed by atoms with Gasteiger partial charge in [-0.3, -0.25) is 4.79 Å². The highest BCUT2D eigenvalue weighted by Gasteiger charge is 2.58. The molecular weight excluding hydrogens is 400 g/mol. The lowest BCUT2D eigenvalue weighted by molar-refractivity contribution is -0.133. The van der Waals surface area contributed by atoms with Crippen LogP contribution in [-0.4, -0.2) is 36.5 Å². The molecule has 6 nitrogen and oxygen atoms in total. The van der Waals surface area contributed by atoms with E-state index in [0.29, 0.717) is 29.8 Å². The van der Waals surface area contributed by atoms with E-state index in [9.17, 15) is 9.90 Å². The molecule has 6 heteroatoms. The Bertz CT molecular complexity index is 1030. The summed E-state index contributed by atoms with van der Waals surface area (Å²) in [5.41, 5.74) is 1.12. The lowest BCUT2D eigenvalue weighted by Crippen LogP contribution is -2.51. The molecule has 0 spiro atoms. The van der Waals surface area contributed by atoms with Gasteiger partial charge < -0.3 is 5.11 Å². The van der Waals surface area contributed by atoms with E-state index < -0.39 is 5.60 Å². The minimum absolute atomic E-state index is 0.125. The summed E-state index contributed by atoms with van der Waals surface area (Å²) in [6.07, 6.45) is 12.1. The third kappa shape index (κ3) is 3.16. The molecule has 4 aliphatic carbocycles. The van der Waals surface area contributed by atoms with Gasteiger partial charge in [-0.15, -0.1) is 5.10 Å². The second-order valence-electron chi connectivity index (χ2n) is 11.9. The van der Waals surface area contributed by atoms with Crippen molar-refractivity contribution in [1.82, 2.24) is 20.0 Å². The Morgan fingerprint density at radius 1 is 1.09 bits per heavy atom. The van der Waals surface area contributed by atoms with Crippen LogP contribution < -0.4 is 0 Å². The van der Waals surface area contributed by atoms with Crippen LogP contribution in [0.5, 0.6) is 0 Å². The zero-order valence-corrected chi connectivity index (χ0v) is 19.4. The predicted molar refractivity (Wildman–Crippen MR) is 122 cm³/mol. The summed E-state index contributed by atoms with van der Waals surface area (Å²) >= 11 is 0. The summed E-state index contributed by atoms with van der Waals surface area (Å²) in [5.74, 6) is 4.21. The van der Waals surface area contributed by atoms with E-state index in [2.05, 4.69) is 22.2 Å². The van der Waals surface area contributed by atoms with Crippen molar-refractivity contribution in [3.63, 3.8) is 0 Å². The molecule has 2 heterocycles.